The Morgan fingerprint density at radius 2 is 2.06 bits per heavy atom. The number of nitrogens with zero attached hydrogens (tertiary/aromatic N) is 1. The number of benzene rings is 1. The van der Waals surface area contributed by atoms with E-state index in [1.54, 1.807) is 6.07 Å². The molecule has 0 saturated carbocycles. The van der Waals surface area contributed by atoms with Gasteiger partial charge in [0.25, 0.3) is 0 Å². The zero-order chi connectivity index (χ0) is 12.4. The lowest BCUT2D eigenvalue weighted by molar-refractivity contribution is 0.435. The first-order valence-corrected chi connectivity index (χ1v) is 7.38. The van der Waals surface area contributed by atoms with Gasteiger partial charge in [0.1, 0.15) is 0 Å². The van der Waals surface area contributed by atoms with Crippen molar-refractivity contribution in [1.29, 1.82) is 0 Å². The number of nitrogens with two attached hydrogens (primary N) is 1. The molecule has 0 unspecified atom stereocenters. The van der Waals surface area contributed by atoms with Crippen molar-refractivity contribution in [2.75, 3.05) is 17.2 Å². The summed E-state index contributed by atoms with van der Waals surface area (Å²) in [5, 5.41) is 3.73. The lowest BCUT2D eigenvalue weighted by Gasteiger charge is -2.21. The van der Waals surface area contributed by atoms with Crippen LogP contribution >= 0.6 is 11.8 Å². The maximum atomic E-state index is 5.59. The predicted octanol–water partition coefficient (Wildman–Crippen LogP) is 3.53. The Hall–Kier alpha value is -1.42. The Bertz CT molecular complexity index is 532. The van der Waals surface area contributed by atoms with E-state index in [1.165, 1.54) is 29.9 Å². The third-order valence-electron chi connectivity index (χ3n) is 3.39. The Kier molecular flexibility index (Phi) is 3.28. The number of thioether (sulfide) groups is 1. The molecule has 2 N–H and O–H groups in total. The Labute approximate surface area is 111 Å². The maximum absolute atomic E-state index is 5.59. The number of nitrogen functional groups attached to an aromatic ring is 1. The van der Waals surface area contributed by atoms with Crippen molar-refractivity contribution in [2.45, 2.75) is 18.8 Å². The third kappa shape index (κ3) is 2.38. The van der Waals surface area contributed by atoms with Crippen LogP contribution in [-0.2, 0) is 0 Å². The van der Waals surface area contributed by atoms with Crippen LogP contribution in [0.25, 0.3) is 11.3 Å². The molecule has 0 amide bonds. The molecule has 1 aromatic heterocycles. The van der Waals surface area contributed by atoms with Crippen LogP contribution < -0.4 is 5.73 Å². The first kappa shape index (κ1) is 11.7. The highest BCUT2D eigenvalue weighted by Crippen LogP contribution is 2.33. The Balaban J connectivity index is 1.88. The Morgan fingerprint density at radius 3 is 2.78 bits per heavy atom. The summed E-state index contributed by atoms with van der Waals surface area (Å²) in [6.45, 7) is 0. The summed E-state index contributed by atoms with van der Waals surface area (Å²) in [7, 11) is 0. The van der Waals surface area contributed by atoms with E-state index in [9.17, 15) is 0 Å². The van der Waals surface area contributed by atoms with Crippen LogP contribution in [0.5, 0.6) is 0 Å². The molecule has 0 atom stereocenters. The van der Waals surface area contributed by atoms with Crippen molar-refractivity contribution >= 4 is 17.6 Å². The van der Waals surface area contributed by atoms with E-state index in [-0.39, 0.29) is 0 Å². The van der Waals surface area contributed by atoms with E-state index in [2.05, 4.69) is 35.1 Å². The molecule has 0 bridgehead atoms. The molecule has 1 aromatic carbocycles. The molecule has 0 spiro atoms. The molecule has 3 nitrogen and oxygen atoms in total. The van der Waals surface area contributed by atoms with Crippen LogP contribution in [0.15, 0.2) is 34.9 Å². The Morgan fingerprint density at radius 1 is 1.22 bits per heavy atom. The van der Waals surface area contributed by atoms with Crippen LogP contribution in [0.3, 0.4) is 0 Å². The van der Waals surface area contributed by atoms with E-state index >= 15 is 0 Å². The van der Waals surface area contributed by atoms with Crippen LogP contribution in [0.1, 0.15) is 24.3 Å². The summed E-state index contributed by atoms with van der Waals surface area (Å²) >= 11 is 2.05. The van der Waals surface area contributed by atoms with Gasteiger partial charge in [-0.3, -0.25) is 0 Å². The van der Waals surface area contributed by atoms with E-state index in [4.69, 9.17) is 10.3 Å². The highest BCUT2D eigenvalue weighted by Gasteiger charge is 2.16. The summed E-state index contributed by atoms with van der Waals surface area (Å²) in [5.74, 6) is 4.41. The minimum atomic E-state index is 0.435. The summed E-state index contributed by atoms with van der Waals surface area (Å²) in [6, 6.07) is 10.3. The monoisotopic (exact) mass is 260 g/mol. The molecule has 3 rings (SSSR count). The van der Waals surface area contributed by atoms with Gasteiger partial charge >= 0.3 is 0 Å². The average Bonchev–Trinajstić information content (AvgIpc) is 2.87. The topological polar surface area (TPSA) is 52.0 Å². The van der Waals surface area contributed by atoms with E-state index < -0.39 is 0 Å². The second-order valence-corrected chi connectivity index (χ2v) is 5.85. The van der Waals surface area contributed by atoms with E-state index in [0.717, 1.165) is 11.3 Å². The SMILES string of the molecule is Nc1cc(-c2cccc(C3CCSCC3)c2)on1. The lowest BCUT2D eigenvalue weighted by atomic mass is 9.92. The van der Waals surface area contributed by atoms with Gasteiger partial charge in [-0.25, -0.2) is 0 Å². The van der Waals surface area contributed by atoms with Gasteiger partial charge < -0.3 is 10.3 Å². The normalized spacial score (nSPS) is 16.9. The second-order valence-electron chi connectivity index (χ2n) is 4.63. The summed E-state index contributed by atoms with van der Waals surface area (Å²) < 4.78 is 5.21. The molecule has 0 radical (unpaired) electrons. The fourth-order valence-electron chi connectivity index (χ4n) is 2.40. The van der Waals surface area contributed by atoms with Crippen molar-refractivity contribution in [3.8, 4) is 11.3 Å². The molecule has 2 heterocycles. The smallest absolute Gasteiger partial charge is 0.169 e. The average molecular weight is 260 g/mol. The summed E-state index contributed by atoms with van der Waals surface area (Å²) in [4.78, 5) is 0. The number of anilines is 1. The third-order valence-corrected chi connectivity index (χ3v) is 4.44. The fraction of sp³-hybridized carbons (Fsp3) is 0.357. The summed E-state index contributed by atoms with van der Waals surface area (Å²) in [6.07, 6.45) is 2.54. The molecule has 0 aliphatic carbocycles. The number of hydrogen-bond acceptors (Lipinski definition) is 4. The van der Waals surface area contributed by atoms with Gasteiger partial charge in [0.05, 0.1) is 0 Å². The number of aromatic nitrogens is 1. The summed E-state index contributed by atoms with van der Waals surface area (Å²) in [5.41, 5.74) is 8.06. The molecule has 1 fully saturated rings. The first-order chi connectivity index (χ1) is 8.83. The van der Waals surface area contributed by atoms with Crippen LogP contribution in [0, 0.1) is 0 Å². The predicted molar refractivity (Wildman–Crippen MR) is 75.7 cm³/mol. The molecule has 94 valence electrons. The van der Waals surface area contributed by atoms with Gasteiger partial charge in [-0.1, -0.05) is 23.4 Å². The molecular formula is C14H16N2OS. The quantitative estimate of drug-likeness (QED) is 0.897. The molecular weight excluding hydrogens is 244 g/mol. The van der Waals surface area contributed by atoms with Crippen LogP contribution in [0.4, 0.5) is 5.82 Å². The van der Waals surface area contributed by atoms with Crippen LogP contribution in [-0.4, -0.2) is 16.7 Å². The van der Waals surface area contributed by atoms with E-state index in [0.29, 0.717) is 11.7 Å². The number of rotatable bonds is 2. The maximum Gasteiger partial charge on any atom is 0.169 e. The second kappa shape index (κ2) is 5.06. The zero-order valence-corrected chi connectivity index (χ0v) is 11.0. The standard InChI is InChI=1S/C14H16N2OS/c15-14-9-13(17-16-14)12-3-1-2-11(8-12)10-4-6-18-7-5-10/h1-3,8-10H,4-7H2,(H2,15,16). The van der Waals surface area contributed by atoms with Crippen molar-refractivity contribution < 1.29 is 4.52 Å². The minimum Gasteiger partial charge on any atom is -0.381 e. The van der Waals surface area contributed by atoms with Gasteiger partial charge in [0.2, 0.25) is 0 Å². The van der Waals surface area contributed by atoms with Crippen LogP contribution in [0.2, 0.25) is 0 Å². The zero-order valence-electron chi connectivity index (χ0n) is 10.1. The van der Waals surface area contributed by atoms with Gasteiger partial charge in [0.15, 0.2) is 11.6 Å². The molecule has 1 aliphatic heterocycles. The lowest BCUT2D eigenvalue weighted by Crippen LogP contribution is -2.07. The van der Waals surface area contributed by atoms with Gasteiger partial charge in [-0.05, 0) is 41.9 Å². The van der Waals surface area contributed by atoms with Crippen molar-refractivity contribution in [3.05, 3.63) is 35.9 Å². The van der Waals surface area contributed by atoms with Gasteiger partial charge in [-0.2, -0.15) is 11.8 Å². The van der Waals surface area contributed by atoms with Gasteiger partial charge in [0, 0.05) is 11.6 Å². The molecule has 18 heavy (non-hydrogen) atoms. The van der Waals surface area contributed by atoms with Crippen molar-refractivity contribution in [2.24, 2.45) is 0 Å². The fourth-order valence-corrected chi connectivity index (χ4v) is 3.51. The highest BCUT2D eigenvalue weighted by molar-refractivity contribution is 7.99. The molecule has 1 aliphatic rings. The van der Waals surface area contributed by atoms with Crippen molar-refractivity contribution in [3.63, 3.8) is 0 Å². The van der Waals surface area contributed by atoms with Gasteiger partial charge in [-0.15, -0.1) is 0 Å². The molecule has 4 heteroatoms. The first-order valence-electron chi connectivity index (χ1n) is 6.23. The van der Waals surface area contributed by atoms with E-state index in [1.807, 2.05) is 6.07 Å². The highest BCUT2D eigenvalue weighted by atomic mass is 32.2. The molecule has 1 saturated heterocycles. The largest absolute Gasteiger partial charge is 0.381 e. The molecule has 2 aromatic rings. The number of hydrogen-bond donors (Lipinski definition) is 1. The van der Waals surface area contributed by atoms with Crippen molar-refractivity contribution in [1.82, 2.24) is 5.16 Å². The minimum absolute atomic E-state index is 0.435.